The maximum atomic E-state index is 10.6. The average Bonchev–Trinajstić information content (AvgIpc) is 2.48. The number of non-ortho nitro benzene ring substituents is 1. The van der Waals surface area contributed by atoms with Gasteiger partial charge in [-0.1, -0.05) is 30.3 Å². The fraction of sp³-hybridized carbons (Fsp3) is 0.250. The number of hydrogen-bond donors (Lipinski definition) is 1. The van der Waals surface area contributed by atoms with Crippen LogP contribution in [0.1, 0.15) is 24.1 Å². The predicted octanol–water partition coefficient (Wildman–Crippen LogP) is 3.24. The number of nitro benzene ring substituents is 1. The van der Waals surface area contributed by atoms with E-state index in [9.17, 15) is 10.1 Å². The molecule has 2 aromatic rings. The molecule has 0 radical (unpaired) electrons. The Morgan fingerprint density at radius 1 is 1.19 bits per heavy atom. The van der Waals surface area contributed by atoms with Crippen LogP contribution >= 0.6 is 0 Å². The number of para-hydroxylation sites is 1. The predicted molar refractivity (Wildman–Crippen MR) is 81.3 cm³/mol. The largest absolute Gasteiger partial charge is 0.493 e. The van der Waals surface area contributed by atoms with E-state index >= 15 is 0 Å². The van der Waals surface area contributed by atoms with Crippen molar-refractivity contribution < 1.29 is 9.66 Å². The lowest BCUT2D eigenvalue weighted by atomic mass is 10.1. The third-order valence-corrected chi connectivity index (χ3v) is 3.21. The van der Waals surface area contributed by atoms with E-state index in [1.54, 1.807) is 12.1 Å². The first-order valence-corrected chi connectivity index (χ1v) is 6.78. The molecule has 0 aliphatic rings. The van der Waals surface area contributed by atoms with E-state index in [0.717, 1.165) is 16.9 Å². The Labute approximate surface area is 123 Å². The topological polar surface area (TPSA) is 78.4 Å². The fourth-order valence-corrected chi connectivity index (χ4v) is 2.05. The van der Waals surface area contributed by atoms with Gasteiger partial charge in [-0.3, -0.25) is 10.1 Å². The monoisotopic (exact) mass is 286 g/mol. The molecule has 5 heteroatoms. The highest BCUT2D eigenvalue weighted by atomic mass is 16.6. The number of benzene rings is 2. The summed E-state index contributed by atoms with van der Waals surface area (Å²) >= 11 is 0. The van der Waals surface area contributed by atoms with Crippen LogP contribution in [0.15, 0.2) is 48.5 Å². The molecule has 0 saturated carbocycles. The number of nitrogens with two attached hydrogens (primary N) is 1. The van der Waals surface area contributed by atoms with Gasteiger partial charge in [0.1, 0.15) is 5.75 Å². The van der Waals surface area contributed by atoms with Gasteiger partial charge in [0.05, 0.1) is 11.5 Å². The molecular formula is C16H18N2O3. The lowest BCUT2D eigenvalue weighted by molar-refractivity contribution is -0.384. The molecule has 110 valence electrons. The quantitative estimate of drug-likeness (QED) is 0.653. The molecule has 2 rings (SSSR count). The van der Waals surface area contributed by atoms with Gasteiger partial charge in [-0.15, -0.1) is 0 Å². The van der Waals surface area contributed by atoms with Crippen LogP contribution in [0.4, 0.5) is 5.69 Å². The van der Waals surface area contributed by atoms with E-state index in [1.165, 1.54) is 12.1 Å². The number of ether oxygens (including phenoxy) is 1. The van der Waals surface area contributed by atoms with Crippen molar-refractivity contribution in [3.05, 3.63) is 69.8 Å². The summed E-state index contributed by atoms with van der Waals surface area (Å²) in [6, 6.07) is 14.1. The SMILES string of the molecule is C[C@H](N)c1ccccc1OCCc1ccc([N+](=O)[O-])cc1. The zero-order chi connectivity index (χ0) is 15.2. The van der Waals surface area contributed by atoms with Gasteiger partial charge in [-0.25, -0.2) is 0 Å². The summed E-state index contributed by atoms with van der Waals surface area (Å²) in [5, 5.41) is 10.6. The number of nitro groups is 1. The summed E-state index contributed by atoms with van der Waals surface area (Å²) in [5.74, 6) is 0.786. The van der Waals surface area contributed by atoms with E-state index in [1.807, 2.05) is 31.2 Å². The molecule has 0 heterocycles. The first-order chi connectivity index (χ1) is 10.1. The van der Waals surface area contributed by atoms with Crippen molar-refractivity contribution in [1.29, 1.82) is 0 Å². The Morgan fingerprint density at radius 2 is 1.86 bits per heavy atom. The van der Waals surface area contributed by atoms with Crippen LogP contribution < -0.4 is 10.5 Å². The molecule has 2 aromatic carbocycles. The highest BCUT2D eigenvalue weighted by molar-refractivity contribution is 5.36. The Hall–Kier alpha value is -2.40. The summed E-state index contributed by atoms with van der Waals surface area (Å²) in [6.45, 7) is 2.42. The molecule has 21 heavy (non-hydrogen) atoms. The average molecular weight is 286 g/mol. The van der Waals surface area contributed by atoms with Crippen LogP contribution in [0.25, 0.3) is 0 Å². The molecule has 0 aliphatic heterocycles. The number of nitrogens with zero attached hydrogens (tertiary/aromatic N) is 1. The molecule has 0 spiro atoms. The second-order valence-corrected chi connectivity index (χ2v) is 4.85. The first kappa shape index (κ1) is 15.0. The van der Waals surface area contributed by atoms with Crippen LogP contribution in [-0.2, 0) is 6.42 Å². The number of rotatable bonds is 6. The minimum Gasteiger partial charge on any atom is -0.493 e. The van der Waals surface area contributed by atoms with Gasteiger partial charge in [-0.2, -0.15) is 0 Å². The van der Waals surface area contributed by atoms with Gasteiger partial charge >= 0.3 is 0 Å². The third kappa shape index (κ3) is 4.03. The minimum absolute atomic E-state index is 0.0828. The van der Waals surface area contributed by atoms with Crippen LogP contribution in [-0.4, -0.2) is 11.5 Å². The van der Waals surface area contributed by atoms with Gasteiger partial charge in [-0.05, 0) is 18.6 Å². The molecule has 0 aromatic heterocycles. The molecule has 5 nitrogen and oxygen atoms in total. The first-order valence-electron chi connectivity index (χ1n) is 6.78. The standard InChI is InChI=1S/C16H18N2O3/c1-12(17)15-4-2-3-5-16(15)21-11-10-13-6-8-14(9-7-13)18(19)20/h2-9,12H,10-11,17H2,1H3/t12-/m0/s1. The summed E-state index contributed by atoms with van der Waals surface area (Å²) in [4.78, 5) is 10.2. The minimum atomic E-state index is -0.404. The molecule has 1 atom stereocenters. The van der Waals surface area contributed by atoms with Gasteiger partial charge in [0.2, 0.25) is 0 Å². The van der Waals surface area contributed by atoms with Crippen molar-refractivity contribution in [1.82, 2.24) is 0 Å². The molecule has 0 amide bonds. The summed E-state index contributed by atoms with van der Waals surface area (Å²) in [7, 11) is 0. The Morgan fingerprint density at radius 3 is 2.48 bits per heavy atom. The third-order valence-electron chi connectivity index (χ3n) is 3.21. The van der Waals surface area contributed by atoms with E-state index < -0.39 is 4.92 Å². The maximum absolute atomic E-state index is 10.6. The smallest absolute Gasteiger partial charge is 0.269 e. The second kappa shape index (κ2) is 6.85. The van der Waals surface area contributed by atoms with E-state index in [2.05, 4.69) is 0 Å². The lowest BCUT2D eigenvalue weighted by Crippen LogP contribution is -2.09. The summed E-state index contributed by atoms with van der Waals surface area (Å²) in [6.07, 6.45) is 0.686. The van der Waals surface area contributed by atoms with Crippen LogP contribution in [0.3, 0.4) is 0 Å². The molecular weight excluding hydrogens is 268 g/mol. The normalized spacial score (nSPS) is 11.9. The highest BCUT2D eigenvalue weighted by Gasteiger charge is 2.07. The zero-order valence-electron chi connectivity index (χ0n) is 11.9. The molecule has 2 N–H and O–H groups in total. The maximum Gasteiger partial charge on any atom is 0.269 e. The number of hydrogen-bond acceptors (Lipinski definition) is 4. The highest BCUT2D eigenvalue weighted by Crippen LogP contribution is 2.23. The fourth-order valence-electron chi connectivity index (χ4n) is 2.05. The van der Waals surface area contributed by atoms with Crippen molar-refractivity contribution in [2.45, 2.75) is 19.4 Å². The molecule has 0 aliphatic carbocycles. The van der Waals surface area contributed by atoms with E-state index in [0.29, 0.717) is 13.0 Å². The van der Waals surface area contributed by atoms with Crippen LogP contribution in [0, 0.1) is 10.1 Å². The van der Waals surface area contributed by atoms with Gasteiger partial charge in [0.25, 0.3) is 5.69 Å². The summed E-state index contributed by atoms with van der Waals surface area (Å²) in [5.41, 5.74) is 7.97. The summed E-state index contributed by atoms with van der Waals surface area (Å²) < 4.78 is 5.77. The van der Waals surface area contributed by atoms with Gasteiger partial charge in [0, 0.05) is 30.2 Å². The van der Waals surface area contributed by atoms with E-state index in [4.69, 9.17) is 10.5 Å². The molecule has 0 saturated heterocycles. The van der Waals surface area contributed by atoms with Crippen molar-refractivity contribution in [3.63, 3.8) is 0 Å². The van der Waals surface area contributed by atoms with Crippen molar-refractivity contribution in [2.24, 2.45) is 5.73 Å². The van der Waals surface area contributed by atoms with Gasteiger partial charge < -0.3 is 10.5 Å². The Bertz CT molecular complexity index is 609. The Balaban J connectivity index is 1.94. The molecule has 0 fully saturated rings. The van der Waals surface area contributed by atoms with E-state index in [-0.39, 0.29) is 11.7 Å². The van der Waals surface area contributed by atoms with Crippen LogP contribution in [0.5, 0.6) is 5.75 Å². The van der Waals surface area contributed by atoms with Crippen molar-refractivity contribution >= 4 is 5.69 Å². The second-order valence-electron chi connectivity index (χ2n) is 4.85. The van der Waals surface area contributed by atoms with Crippen molar-refractivity contribution in [2.75, 3.05) is 6.61 Å². The lowest BCUT2D eigenvalue weighted by Gasteiger charge is -2.13. The molecule has 0 bridgehead atoms. The Kier molecular flexibility index (Phi) is 4.90. The van der Waals surface area contributed by atoms with Crippen LogP contribution in [0.2, 0.25) is 0 Å². The zero-order valence-corrected chi connectivity index (χ0v) is 11.9. The van der Waals surface area contributed by atoms with Crippen molar-refractivity contribution in [3.8, 4) is 5.75 Å². The molecule has 0 unspecified atom stereocenters. The van der Waals surface area contributed by atoms with Gasteiger partial charge in [0.15, 0.2) is 0 Å².